The Labute approximate surface area is 154 Å². The van der Waals surface area contributed by atoms with Crippen molar-refractivity contribution in [3.8, 4) is 5.75 Å². The van der Waals surface area contributed by atoms with Crippen molar-refractivity contribution < 1.29 is 18.3 Å². The van der Waals surface area contributed by atoms with Crippen molar-refractivity contribution in [1.82, 2.24) is 14.5 Å². The van der Waals surface area contributed by atoms with Crippen LogP contribution in [0.25, 0.3) is 0 Å². The quantitative estimate of drug-likeness (QED) is 0.767. The lowest BCUT2D eigenvalue weighted by atomic mass is 9.76. The average Bonchev–Trinajstić information content (AvgIpc) is 2.98. The van der Waals surface area contributed by atoms with Gasteiger partial charge in [-0.05, 0) is 56.4 Å². The highest BCUT2D eigenvalue weighted by Crippen LogP contribution is 2.39. The van der Waals surface area contributed by atoms with E-state index in [9.17, 15) is 13.5 Å². The molecule has 0 amide bonds. The molecule has 0 unspecified atom stereocenters. The third-order valence-corrected chi connectivity index (χ3v) is 6.18. The number of nitrogens with one attached hydrogen (secondary N) is 1. The predicted molar refractivity (Wildman–Crippen MR) is 97.3 cm³/mol. The minimum absolute atomic E-state index is 0.0489. The van der Waals surface area contributed by atoms with Crippen molar-refractivity contribution in [2.24, 2.45) is 13.0 Å². The molecular formula is C18H25N3O4S. The monoisotopic (exact) mass is 379 g/mol. The van der Waals surface area contributed by atoms with Crippen LogP contribution in [0.2, 0.25) is 0 Å². The molecule has 26 heavy (non-hydrogen) atoms. The fraction of sp³-hybridized carbons (Fsp3) is 0.500. The van der Waals surface area contributed by atoms with Crippen LogP contribution in [0.3, 0.4) is 0 Å². The standard InChI is InChI=1S/C18H25N3O4S/c1-4-25-17-6-5-16(7-12(17)2)26(23,24)20-18(13-8-15(22)9-13)14-10-19-21(3)11-14/h5-7,10-11,13,15,18,20,22H,4,8-9H2,1-3H3/t13?,15?,18-/m1/s1. The molecule has 1 saturated carbocycles. The summed E-state index contributed by atoms with van der Waals surface area (Å²) < 4.78 is 35.8. The van der Waals surface area contributed by atoms with E-state index in [-0.39, 0.29) is 16.9 Å². The Morgan fingerprint density at radius 1 is 1.42 bits per heavy atom. The highest BCUT2D eigenvalue weighted by Gasteiger charge is 2.37. The summed E-state index contributed by atoms with van der Waals surface area (Å²) in [6.07, 6.45) is 4.26. The van der Waals surface area contributed by atoms with E-state index in [1.165, 1.54) is 0 Å². The maximum atomic E-state index is 12.9. The summed E-state index contributed by atoms with van der Waals surface area (Å²) in [6, 6.07) is 4.43. The van der Waals surface area contributed by atoms with Crippen LogP contribution in [-0.2, 0) is 17.1 Å². The molecule has 1 atom stereocenters. The van der Waals surface area contributed by atoms with Crippen molar-refractivity contribution in [2.45, 2.75) is 43.7 Å². The summed E-state index contributed by atoms with van der Waals surface area (Å²) in [7, 11) is -1.92. The number of ether oxygens (including phenoxy) is 1. The van der Waals surface area contributed by atoms with Gasteiger partial charge >= 0.3 is 0 Å². The number of aliphatic hydroxyl groups excluding tert-OH is 1. The van der Waals surface area contributed by atoms with Gasteiger partial charge in [0.15, 0.2) is 0 Å². The summed E-state index contributed by atoms with van der Waals surface area (Å²) in [5.41, 5.74) is 1.57. The van der Waals surface area contributed by atoms with Crippen molar-refractivity contribution in [3.63, 3.8) is 0 Å². The van der Waals surface area contributed by atoms with Gasteiger partial charge in [-0.3, -0.25) is 4.68 Å². The van der Waals surface area contributed by atoms with Crippen LogP contribution < -0.4 is 9.46 Å². The minimum atomic E-state index is -3.72. The molecule has 7 nitrogen and oxygen atoms in total. The molecule has 8 heteroatoms. The van der Waals surface area contributed by atoms with Crippen LogP contribution in [0.1, 0.15) is 36.9 Å². The van der Waals surface area contributed by atoms with Crippen molar-refractivity contribution in [3.05, 3.63) is 41.7 Å². The molecule has 0 spiro atoms. The highest BCUT2D eigenvalue weighted by atomic mass is 32.2. The Morgan fingerprint density at radius 2 is 2.15 bits per heavy atom. The predicted octanol–water partition coefficient (Wildman–Crippen LogP) is 1.92. The van der Waals surface area contributed by atoms with Gasteiger partial charge in [0.1, 0.15) is 5.75 Å². The van der Waals surface area contributed by atoms with Gasteiger partial charge in [0.25, 0.3) is 0 Å². The summed E-state index contributed by atoms with van der Waals surface area (Å²) in [5, 5.41) is 13.8. The molecule has 1 aromatic heterocycles. The van der Waals surface area contributed by atoms with Crippen LogP contribution in [0, 0.1) is 12.8 Å². The zero-order chi connectivity index (χ0) is 18.9. The van der Waals surface area contributed by atoms with Gasteiger partial charge in [-0.25, -0.2) is 13.1 Å². The SMILES string of the molecule is CCOc1ccc(S(=O)(=O)N[C@@H](c2cnn(C)c2)C2CC(O)C2)cc1C. The third kappa shape index (κ3) is 3.92. The Kier molecular flexibility index (Phi) is 5.36. The fourth-order valence-electron chi connectivity index (χ4n) is 3.28. The van der Waals surface area contributed by atoms with Crippen molar-refractivity contribution in [1.29, 1.82) is 0 Å². The second-order valence-electron chi connectivity index (χ2n) is 6.79. The molecule has 2 N–H and O–H groups in total. The first kappa shape index (κ1) is 18.9. The van der Waals surface area contributed by atoms with Crippen LogP contribution in [-0.4, -0.2) is 36.0 Å². The maximum Gasteiger partial charge on any atom is 0.241 e. The van der Waals surface area contributed by atoms with Gasteiger partial charge in [0.2, 0.25) is 10.0 Å². The third-order valence-electron chi connectivity index (χ3n) is 4.74. The van der Waals surface area contributed by atoms with Gasteiger partial charge in [-0.15, -0.1) is 0 Å². The number of nitrogens with zero attached hydrogens (tertiary/aromatic N) is 2. The summed E-state index contributed by atoms with van der Waals surface area (Å²) in [5.74, 6) is 0.727. The van der Waals surface area contributed by atoms with E-state index in [1.54, 1.807) is 42.3 Å². The topological polar surface area (TPSA) is 93.5 Å². The van der Waals surface area contributed by atoms with Crippen LogP contribution in [0.4, 0.5) is 0 Å². The second-order valence-corrected chi connectivity index (χ2v) is 8.51. The zero-order valence-electron chi connectivity index (χ0n) is 15.2. The minimum Gasteiger partial charge on any atom is -0.494 e. The molecular weight excluding hydrogens is 354 g/mol. The molecule has 3 rings (SSSR count). The van der Waals surface area contributed by atoms with E-state index in [1.807, 2.05) is 13.8 Å². The molecule has 1 heterocycles. The van der Waals surface area contributed by atoms with E-state index in [0.717, 1.165) is 11.1 Å². The molecule has 142 valence electrons. The molecule has 1 aliphatic rings. The smallest absolute Gasteiger partial charge is 0.241 e. The summed E-state index contributed by atoms with van der Waals surface area (Å²) in [4.78, 5) is 0.201. The first-order valence-corrected chi connectivity index (χ1v) is 10.2. The lowest BCUT2D eigenvalue weighted by Crippen LogP contribution is -2.41. The first-order valence-electron chi connectivity index (χ1n) is 8.72. The van der Waals surface area contributed by atoms with E-state index < -0.39 is 16.1 Å². The molecule has 0 radical (unpaired) electrons. The summed E-state index contributed by atoms with van der Waals surface area (Å²) >= 11 is 0. The van der Waals surface area contributed by atoms with Gasteiger partial charge in [0, 0.05) is 18.8 Å². The Morgan fingerprint density at radius 3 is 2.69 bits per heavy atom. The van der Waals surface area contributed by atoms with E-state index in [0.29, 0.717) is 25.2 Å². The fourth-order valence-corrected chi connectivity index (χ4v) is 4.66. The van der Waals surface area contributed by atoms with Crippen molar-refractivity contribution >= 4 is 10.0 Å². The number of benzene rings is 1. The van der Waals surface area contributed by atoms with E-state index in [4.69, 9.17) is 4.74 Å². The van der Waals surface area contributed by atoms with Crippen LogP contribution >= 0.6 is 0 Å². The second kappa shape index (κ2) is 7.38. The largest absolute Gasteiger partial charge is 0.494 e. The first-order chi connectivity index (χ1) is 12.3. The Hall–Kier alpha value is -1.90. The highest BCUT2D eigenvalue weighted by molar-refractivity contribution is 7.89. The Bertz CT molecular complexity index is 872. The summed E-state index contributed by atoms with van der Waals surface area (Å²) in [6.45, 7) is 4.24. The number of hydrogen-bond donors (Lipinski definition) is 2. The molecule has 0 saturated heterocycles. The maximum absolute atomic E-state index is 12.9. The molecule has 1 fully saturated rings. The lowest BCUT2D eigenvalue weighted by molar-refractivity contribution is 0.0280. The van der Waals surface area contributed by atoms with Crippen LogP contribution in [0.5, 0.6) is 5.75 Å². The van der Waals surface area contributed by atoms with Gasteiger partial charge in [0.05, 0.1) is 29.8 Å². The van der Waals surface area contributed by atoms with E-state index >= 15 is 0 Å². The number of aryl methyl sites for hydroxylation is 2. The zero-order valence-corrected chi connectivity index (χ0v) is 16.0. The van der Waals surface area contributed by atoms with Crippen molar-refractivity contribution in [2.75, 3.05) is 6.61 Å². The lowest BCUT2D eigenvalue weighted by Gasteiger charge is -2.37. The van der Waals surface area contributed by atoms with E-state index in [2.05, 4.69) is 9.82 Å². The van der Waals surface area contributed by atoms with Gasteiger partial charge in [-0.2, -0.15) is 5.10 Å². The Balaban J connectivity index is 1.86. The van der Waals surface area contributed by atoms with Gasteiger partial charge < -0.3 is 9.84 Å². The number of aromatic nitrogens is 2. The normalized spacial score (nSPS) is 21.2. The molecule has 2 aromatic rings. The van der Waals surface area contributed by atoms with Gasteiger partial charge in [-0.1, -0.05) is 0 Å². The number of aliphatic hydroxyl groups is 1. The number of rotatable bonds is 7. The number of hydrogen-bond acceptors (Lipinski definition) is 5. The average molecular weight is 379 g/mol. The number of sulfonamides is 1. The van der Waals surface area contributed by atoms with Crippen LogP contribution in [0.15, 0.2) is 35.5 Å². The molecule has 1 aromatic carbocycles. The molecule has 0 bridgehead atoms. The molecule has 0 aliphatic heterocycles. The molecule has 1 aliphatic carbocycles.